The van der Waals surface area contributed by atoms with Gasteiger partial charge in [0.2, 0.25) is 10.0 Å². The number of nitrogens with one attached hydrogen (secondary N) is 1. The molecule has 0 saturated heterocycles. The predicted molar refractivity (Wildman–Crippen MR) is 80.5 cm³/mol. The first kappa shape index (κ1) is 16.2. The largest absolute Gasteiger partial charge is 0.215 e. The smallest absolute Gasteiger partial charge is 0.213 e. The highest BCUT2D eigenvalue weighted by Gasteiger charge is 2.20. The first-order valence-electron chi connectivity index (χ1n) is 6.85. The van der Waals surface area contributed by atoms with Gasteiger partial charge in [0.15, 0.2) is 0 Å². The minimum absolute atomic E-state index is 0.316. The molecule has 1 aromatic rings. The molecule has 108 valence electrons. The summed E-state index contributed by atoms with van der Waals surface area (Å²) in [6, 6.07) is 10.2. The van der Waals surface area contributed by atoms with E-state index in [0.29, 0.717) is 18.4 Å². The molecule has 1 N–H and O–H groups in total. The van der Waals surface area contributed by atoms with Crippen molar-refractivity contribution in [3.05, 3.63) is 35.9 Å². The van der Waals surface area contributed by atoms with Gasteiger partial charge in [0.1, 0.15) is 0 Å². The van der Waals surface area contributed by atoms with Crippen molar-refractivity contribution in [2.45, 2.75) is 39.4 Å². The van der Waals surface area contributed by atoms with Crippen LogP contribution >= 0.6 is 0 Å². The van der Waals surface area contributed by atoms with E-state index in [1.165, 1.54) is 5.56 Å². The molecule has 0 aliphatic carbocycles. The van der Waals surface area contributed by atoms with Gasteiger partial charge in [-0.2, -0.15) is 0 Å². The first-order valence-corrected chi connectivity index (χ1v) is 8.40. The van der Waals surface area contributed by atoms with Gasteiger partial charge in [-0.05, 0) is 37.7 Å². The second-order valence-electron chi connectivity index (χ2n) is 5.64. The minimum Gasteiger partial charge on any atom is -0.215 e. The molecule has 1 unspecified atom stereocenters. The standard InChI is InChI=1S/C15H25NO2S/c1-12(2)15(10-14-8-6-5-7-9-14)11-16-19(17,18)13(3)4/h5-9,12-13,15-16H,10-11H2,1-4H3. The fourth-order valence-electron chi connectivity index (χ4n) is 1.85. The molecular formula is C15H25NO2S. The zero-order valence-electron chi connectivity index (χ0n) is 12.3. The average molecular weight is 283 g/mol. The quantitative estimate of drug-likeness (QED) is 0.836. The third kappa shape index (κ3) is 5.33. The highest BCUT2D eigenvalue weighted by atomic mass is 32.2. The monoisotopic (exact) mass is 283 g/mol. The summed E-state index contributed by atoms with van der Waals surface area (Å²) in [7, 11) is -3.17. The summed E-state index contributed by atoms with van der Waals surface area (Å²) in [5.74, 6) is 0.756. The van der Waals surface area contributed by atoms with E-state index in [1.807, 2.05) is 18.2 Å². The van der Waals surface area contributed by atoms with E-state index in [4.69, 9.17) is 0 Å². The minimum atomic E-state index is -3.17. The van der Waals surface area contributed by atoms with Crippen LogP contribution in [0.1, 0.15) is 33.3 Å². The van der Waals surface area contributed by atoms with Gasteiger partial charge in [0.05, 0.1) is 5.25 Å². The number of rotatable bonds is 7. The lowest BCUT2D eigenvalue weighted by Gasteiger charge is -2.22. The molecule has 1 atom stereocenters. The Bertz CT molecular complexity index is 466. The maximum absolute atomic E-state index is 11.8. The number of hydrogen-bond acceptors (Lipinski definition) is 2. The number of sulfonamides is 1. The Morgan fingerprint density at radius 2 is 1.63 bits per heavy atom. The second kappa shape index (κ2) is 7.06. The lowest BCUT2D eigenvalue weighted by atomic mass is 9.89. The van der Waals surface area contributed by atoms with Gasteiger partial charge in [-0.25, -0.2) is 13.1 Å². The van der Waals surface area contributed by atoms with Crippen LogP contribution < -0.4 is 4.72 Å². The molecule has 0 aliphatic rings. The molecule has 0 aromatic heterocycles. The molecule has 0 spiro atoms. The van der Waals surface area contributed by atoms with Gasteiger partial charge < -0.3 is 0 Å². The molecule has 0 saturated carbocycles. The first-order chi connectivity index (χ1) is 8.83. The molecule has 0 radical (unpaired) electrons. The van der Waals surface area contributed by atoms with Crippen molar-refractivity contribution in [2.24, 2.45) is 11.8 Å². The van der Waals surface area contributed by atoms with E-state index in [-0.39, 0.29) is 5.25 Å². The van der Waals surface area contributed by atoms with Crippen molar-refractivity contribution in [3.8, 4) is 0 Å². The lowest BCUT2D eigenvalue weighted by Crippen LogP contribution is -2.36. The van der Waals surface area contributed by atoms with E-state index in [1.54, 1.807) is 13.8 Å². The molecule has 0 bridgehead atoms. The van der Waals surface area contributed by atoms with E-state index in [2.05, 4.69) is 30.7 Å². The van der Waals surface area contributed by atoms with Crippen molar-refractivity contribution in [1.82, 2.24) is 4.72 Å². The fraction of sp³-hybridized carbons (Fsp3) is 0.600. The highest BCUT2D eigenvalue weighted by Crippen LogP contribution is 2.17. The van der Waals surface area contributed by atoms with E-state index < -0.39 is 10.0 Å². The summed E-state index contributed by atoms with van der Waals surface area (Å²) in [4.78, 5) is 0. The van der Waals surface area contributed by atoms with Gasteiger partial charge in [0, 0.05) is 6.54 Å². The van der Waals surface area contributed by atoms with Gasteiger partial charge in [0.25, 0.3) is 0 Å². The average Bonchev–Trinajstić information content (AvgIpc) is 2.35. The summed E-state index contributed by atoms with van der Waals surface area (Å²) >= 11 is 0. The predicted octanol–water partition coefficient (Wildman–Crippen LogP) is 2.83. The molecule has 19 heavy (non-hydrogen) atoms. The van der Waals surface area contributed by atoms with Gasteiger partial charge in [-0.3, -0.25) is 0 Å². The summed E-state index contributed by atoms with van der Waals surface area (Å²) < 4.78 is 26.3. The Morgan fingerprint density at radius 3 is 2.11 bits per heavy atom. The lowest BCUT2D eigenvalue weighted by molar-refractivity contribution is 0.379. The topological polar surface area (TPSA) is 46.2 Å². The summed E-state index contributed by atoms with van der Waals surface area (Å²) in [5, 5.41) is -0.378. The molecule has 0 amide bonds. The zero-order chi connectivity index (χ0) is 14.5. The van der Waals surface area contributed by atoms with Crippen molar-refractivity contribution >= 4 is 10.0 Å². The van der Waals surface area contributed by atoms with Crippen LogP contribution in [0.4, 0.5) is 0 Å². The van der Waals surface area contributed by atoms with Gasteiger partial charge >= 0.3 is 0 Å². The molecular weight excluding hydrogens is 258 g/mol. The summed E-state index contributed by atoms with van der Waals surface area (Å²) in [6.07, 6.45) is 0.902. The highest BCUT2D eigenvalue weighted by molar-refractivity contribution is 7.90. The van der Waals surface area contributed by atoms with Crippen LogP contribution in [0.5, 0.6) is 0 Å². The number of benzene rings is 1. The van der Waals surface area contributed by atoms with E-state index >= 15 is 0 Å². The molecule has 3 nitrogen and oxygen atoms in total. The second-order valence-corrected chi connectivity index (χ2v) is 7.96. The fourth-order valence-corrected chi connectivity index (χ4v) is 2.63. The Labute approximate surface area is 117 Å². The Kier molecular flexibility index (Phi) is 6.01. The van der Waals surface area contributed by atoms with Crippen LogP contribution in [0, 0.1) is 11.8 Å². The summed E-state index contributed by atoms with van der Waals surface area (Å²) in [5.41, 5.74) is 1.25. The van der Waals surface area contributed by atoms with Crippen LogP contribution in [0.2, 0.25) is 0 Å². The maximum Gasteiger partial charge on any atom is 0.213 e. The Balaban J connectivity index is 2.65. The van der Waals surface area contributed by atoms with Crippen molar-refractivity contribution in [3.63, 3.8) is 0 Å². The molecule has 1 rings (SSSR count). The van der Waals surface area contributed by atoms with Gasteiger partial charge in [-0.1, -0.05) is 44.2 Å². The zero-order valence-corrected chi connectivity index (χ0v) is 13.1. The van der Waals surface area contributed by atoms with Gasteiger partial charge in [-0.15, -0.1) is 0 Å². The van der Waals surface area contributed by atoms with Crippen molar-refractivity contribution < 1.29 is 8.42 Å². The SMILES string of the molecule is CC(C)C(CNS(=O)(=O)C(C)C)Cc1ccccc1. The maximum atomic E-state index is 11.8. The van der Waals surface area contributed by atoms with Crippen LogP contribution in [-0.4, -0.2) is 20.2 Å². The Hall–Kier alpha value is -0.870. The summed E-state index contributed by atoms with van der Waals surface area (Å²) in [6.45, 7) is 8.18. The Morgan fingerprint density at radius 1 is 1.05 bits per heavy atom. The normalized spacial score (nSPS) is 14.0. The molecule has 0 aliphatic heterocycles. The van der Waals surface area contributed by atoms with Crippen LogP contribution in [0.3, 0.4) is 0 Å². The molecule has 0 fully saturated rings. The molecule has 4 heteroatoms. The third-order valence-electron chi connectivity index (χ3n) is 3.45. The van der Waals surface area contributed by atoms with E-state index in [9.17, 15) is 8.42 Å². The van der Waals surface area contributed by atoms with E-state index in [0.717, 1.165) is 6.42 Å². The molecule has 0 heterocycles. The van der Waals surface area contributed by atoms with Crippen LogP contribution in [0.25, 0.3) is 0 Å². The van der Waals surface area contributed by atoms with Crippen molar-refractivity contribution in [2.75, 3.05) is 6.54 Å². The number of hydrogen-bond donors (Lipinski definition) is 1. The van der Waals surface area contributed by atoms with Crippen LogP contribution in [-0.2, 0) is 16.4 Å². The van der Waals surface area contributed by atoms with Crippen molar-refractivity contribution in [1.29, 1.82) is 0 Å². The van der Waals surface area contributed by atoms with Crippen LogP contribution in [0.15, 0.2) is 30.3 Å². The third-order valence-corrected chi connectivity index (χ3v) is 5.26. The molecule has 1 aromatic carbocycles.